The molecule has 2 aliphatic heterocycles. The smallest absolute Gasteiger partial charge is 0.237 e. The lowest BCUT2D eigenvalue weighted by Gasteiger charge is -2.32. The van der Waals surface area contributed by atoms with Gasteiger partial charge in [-0.1, -0.05) is 6.92 Å². The second-order valence-corrected chi connectivity index (χ2v) is 7.60. The first-order valence-corrected chi connectivity index (χ1v) is 8.87. The SMILES string of the molecule is CC1CNCCC1NC(=O)C1SCCc2sccc21.Cl. The standard InChI is InChI=1S/C14H20N2OS2.ClH/c1-9-8-15-5-2-11(9)16-14(17)13-10-3-6-18-12(10)4-7-19-13;/h3,6,9,11,13,15H,2,4-5,7-8H2,1H3,(H,16,17);1H. The molecule has 1 saturated heterocycles. The van der Waals surface area contributed by atoms with Crippen LogP contribution in [0.1, 0.15) is 29.0 Å². The van der Waals surface area contributed by atoms with Crippen LogP contribution in [-0.2, 0) is 11.2 Å². The summed E-state index contributed by atoms with van der Waals surface area (Å²) in [7, 11) is 0. The highest BCUT2D eigenvalue weighted by Gasteiger charge is 2.31. The van der Waals surface area contributed by atoms with E-state index in [-0.39, 0.29) is 23.6 Å². The Morgan fingerprint density at radius 2 is 2.35 bits per heavy atom. The Hall–Kier alpha value is -0.230. The largest absolute Gasteiger partial charge is 0.352 e. The molecule has 6 heteroatoms. The van der Waals surface area contributed by atoms with Gasteiger partial charge in [0.2, 0.25) is 5.91 Å². The van der Waals surface area contributed by atoms with Gasteiger partial charge in [0.15, 0.2) is 0 Å². The van der Waals surface area contributed by atoms with Crippen molar-refractivity contribution in [2.24, 2.45) is 5.92 Å². The number of thiophene rings is 1. The Kier molecular flexibility index (Phi) is 5.78. The van der Waals surface area contributed by atoms with E-state index in [1.165, 1.54) is 10.4 Å². The van der Waals surface area contributed by atoms with Crippen LogP contribution >= 0.6 is 35.5 Å². The van der Waals surface area contributed by atoms with Crippen molar-refractivity contribution in [3.8, 4) is 0 Å². The average molecular weight is 333 g/mol. The summed E-state index contributed by atoms with van der Waals surface area (Å²) in [5, 5.41) is 8.77. The van der Waals surface area contributed by atoms with Gasteiger partial charge in [-0.3, -0.25) is 4.79 Å². The van der Waals surface area contributed by atoms with E-state index in [1.54, 1.807) is 23.1 Å². The molecular weight excluding hydrogens is 312 g/mol. The van der Waals surface area contributed by atoms with Gasteiger partial charge >= 0.3 is 0 Å². The maximum atomic E-state index is 12.5. The number of amides is 1. The number of aryl methyl sites for hydroxylation is 1. The predicted octanol–water partition coefficient (Wildman–Crippen LogP) is 2.61. The van der Waals surface area contributed by atoms with Crippen LogP contribution in [-0.4, -0.2) is 30.8 Å². The molecule has 0 bridgehead atoms. The molecule has 3 rings (SSSR count). The summed E-state index contributed by atoms with van der Waals surface area (Å²) < 4.78 is 0. The molecular formula is C14H21ClN2OS2. The molecule has 2 N–H and O–H groups in total. The molecule has 0 aliphatic carbocycles. The fraction of sp³-hybridized carbons (Fsp3) is 0.643. The highest BCUT2D eigenvalue weighted by atomic mass is 35.5. The number of carbonyl (C=O) groups excluding carboxylic acids is 1. The minimum atomic E-state index is 0. The Balaban J connectivity index is 0.00000147. The topological polar surface area (TPSA) is 41.1 Å². The summed E-state index contributed by atoms with van der Waals surface area (Å²) in [5.41, 5.74) is 1.25. The minimum Gasteiger partial charge on any atom is -0.352 e. The molecule has 1 amide bonds. The normalized spacial score (nSPS) is 29.1. The number of fused-ring (bicyclic) bond motifs is 1. The van der Waals surface area contributed by atoms with Crippen LogP contribution in [0.2, 0.25) is 0 Å². The monoisotopic (exact) mass is 332 g/mol. The van der Waals surface area contributed by atoms with Crippen LogP contribution in [0.5, 0.6) is 0 Å². The zero-order chi connectivity index (χ0) is 13.2. The molecule has 0 radical (unpaired) electrons. The van der Waals surface area contributed by atoms with Crippen LogP contribution in [0.4, 0.5) is 0 Å². The summed E-state index contributed by atoms with van der Waals surface area (Å²) in [5.74, 6) is 1.80. The first kappa shape index (κ1) is 16.1. The maximum absolute atomic E-state index is 12.5. The van der Waals surface area contributed by atoms with Crippen molar-refractivity contribution in [2.45, 2.75) is 31.1 Å². The first-order valence-electron chi connectivity index (χ1n) is 6.94. The third-order valence-electron chi connectivity index (χ3n) is 4.03. The minimum absolute atomic E-state index is 0. The van der Waals surface area contributed by atoms with Gasteiger partial charge in [0.25, 0.3) is 0 Å². The number of rotatable bonds is 2. The number of hydrogen-bond acceptors (Lipinski definition) is 4. The van der Waals surface area contributed by atoms with E-state index in [2.05, 4.69) is 29.0 Å². The molecule has 0 saturated carbocycles. The van der Waals surface area contributed by atoms with Gasteiger partial charge in [0, 0.05) is 10.9 Å². The maximum Gasteiger partial charge on any atom is 0.237 e. The second-order valence-electron chi connectivity index (χ2n) is 5.39. The zero-order valence-electron chi connectivity index (χ0n) is 11.6. The van der Waals surface area contributed by atoms with Crippen molar-refractivity contribution >= 4 is 41.4 Å². The van der Waals surface area contributed by atoms with Crippen LogP contribution in [0.15, 0.2) is 11.4 Å². The summed E-state index contributed by atoms with van der Waals surface area (Å²) in [6.45, 7) is 4.23. The molecule has 112 valence electrons. The highest BCUT2D eigenvalue weighted by Crippen LogP contribution is 2.39. The molecule has 0 aromatic carbocycles. The van der Waals surface area contributed by atoms with Crippen molar-refractivity contribution in [3.05, 3.63) is 21.9 Å². The molecule has 3 heterocycles. The molecule has 3 atom stereocenters. The van der Waals surface area contributed by atoms with Gasteiger partial charge in [-0.05, 0) is 54.6 Å². The lowest BCUT2D eigenvalue weighted by Crippen LogP contribution is -2.49. The Labute approximate surface area is 134 Å². The van der Waals surface area contributed by atoms with E-state index in [9.17, 15) is 4.79 Å². The Bertz CT molecular complexity index is 466. The molecule has 1 aromatic heterocycles. The number of nitrogens with one attached hydrogen (secondary N) is 2. The van der Waals surface area contributed by atoms with Gasteiger partial charge in [0.1, 0.15) is 5.25 Å². The summed E-state index contributed by atoms with van der Waals surface area (Å²) >= 11 is 3.58. The lowest BCUT2D eigenvalue weighted by atomic mass is 9.95. The van der Waals surface area contributed by atoms with Crippen molar-refractivity contribution in [1.29, 1.82) is 0 Å². The number of hydrogen-bond donors (Lipinski definition) is 2. The summed E-state index contributed by atoms with van der Waals surface area (Å²) in [6, 6.07) is 2.46. The van der Waals surface area contributed by atoms with Crippen molar-refractivity contribution in [2.75, 3.05) is 18.8 Å². The molecule has 3 nitrogen and oxygen atoms in total. The number of thioether (sulfide) groups is 1. The summed E-state index contributed by atoms with van der Waals surface area (Å²) in [4.78, 5) is 13.9. The highest BCUT2D eigenvalue weighted by molar-refractivity contribution is 8.00. The molecule has 0 spiro atoms. The lowest BCUT2D eigenvalue weighted by molar-refractivity contribution is -0.121. The van der Waals surface area contributed by atoms with Crippen LogP contribution in [0.25, 0.3) is 0 Å². The molecule has 3 unspecified atom stereocenters. The zero-order valence-corrected chi connectivity index (χ0v) is 14.0. The van der Waals surface area contributed by atoms with Crippen molar-refractivity contribution in [1.82, 2.24) is 10.6 Å². The quantitative estimate of drug-likeness (QED) is 0.874. The van der Waals surface area contributed by atoms with E-state index >= 15 is 0 Å². The van der Waals surface area contributed by atoms with E-state index in [4.69, 9.17) is 0 Å². The van der Waals surface area contributed by atoms with Gasteiger partial charge in [-0.2, -0.15) is 0 Å². The van der Waals surface area contributed by atoms with Crippen LogP contribution in [0, 0.1) is 5.92 Å². The first-order chi connectivity index (χ1) is 9.25. The second kappa shape index (κ2) is 7.16. The Morgan fingerprint density at radius 1 is 1.50 bits per heavy atom. The van der Waals surface area contributed by atoms with Crippen LogP contribution < -0.4 is 10.6 Å². The van der Waals surface area contributed by atoms with Crippen molar-refractivity contribution < 1.29 is 4.79 Å². The third-order valence-corrected chi connectivity index (χ3v) is 6.26. The molecule has 1 fully saturated rings. The van der Waals surface area contributed by atoms with Gasteiger partial charge in [-0.15, -0.1) is 35.5 Å². The van der Waals surface area contributed by atoms with Gasteiger partial charge < -0.3 is 10.6 Å². The molecule has 20 heavy (non-hydrogen) atoms. The van der Waals surface area contributed by atoms with Gasteiger partial charge in [-0.25, -0.2) is 0 Å². The van der Waals surface area contributed by atoms with E-state index in [0.29, 0.717) is 12.0 Å². The fourth-order valence-corrected chi connectivity index (χ4v) is 5.15. The van der Waals surface area contributed by atoms with Crippen LogP contribution in [0.3, 0.4) is 0 Å². The van der Waals surface area contributed by atoms with E-state index in [1.807, 2.05) is 0 Å². The van der Waals surface area contributed by atoms with Crippen molar-refractivity contribution in [3.63, 3.8) is 0 Å². The average Bonchev–Trinajstić information content (AvgIpc) is 2.89. The van der Waals surface area contributed by atoms with Gasteiger partial charge in [0.05, 0.1) is 0 Å². The van der Waals surface area contributed by atoms with E-state index in [0.717, 1.165) is 31.7 Å². The Morgan fingerprint density at radius 3 is 3.15 bits per heavy atom. The van der Waals surface area contributed by atoms with E-state index < -0.39 is 0 Å². The molecule has 2 aliphatic rings. The fourth-order valence-electron chi connectivity index (χ4n) is 2.85. The number of halogens is 1. The predicted molar refractivity (Wildman–Crippen MR) is 89.1 cm³/mol. The summed E-state index contributed by atoms with van der Waals surface area (Å²) in [6.07, 6.45) is 2.16. The number of piperidine rings is 1. The molecule has 1 aromatic rings. The number of carbonyl (C=O) groups is 1. The third kappa shape index (κ3) is 3.32.